The van der Waals surface area contributed by atoms with Crippen molar-refractivity contribution in [2.45, 2.75) is 26.0 Å². The zero-order chi connectivity index (χ0) is 20.2. The summed E-state index contributed by atoms with van der Waals surface area (Å²) in [5, 5.41) is 2.39. The van der Waals surface area contributed by atoms with Crippen LogP contribution >= 0.6 is 15.9 Å². The third-order valence-corrected chi connectivity index (χ3v) is 6.32. The SMILES string of the molecule is COc1ccc2c(c1)c1ccc3c(c1n2Cc1ccccc1Br)C=CC(C)(C)O3. The van der Waals surface area contributed by atoms with Gasteiger partial charge in [0.2, 0.25) is 0 Å². The maximum Gasteiger partial charge on any atom is 0.129 e. The molecule has 0 bridgehead atoms. The molecule has 29 heavy (non-hydrogen) atoms. The molecule has 0 aliphatic carbocycles. The average Bonchev–Trinajstić information content (AvgIpc) is 3.02. The van der Waals surface area contributed by atoms with Crippen LogP contribution in [0, 0.1) is 0 Å². The number of benzene rings is 3. The molecule has 3 aromatic carbocycles. The highest BCUT2D eigenvalue weighted by atomic mass is 79.9. The van der Waals surface area contributed by atoms with Crippen molar-refractivity contribution in [1.29, 1.82) is 0 Å². The van der Waals surface area contributed by atoms with Crippen LogP contribution in [0.1, 0.15) is 25.0 Å². The van der Waals surface area contributed by atoms with Gasteiger partial charge in [-0.1, -0.05) is 34.1 Å². The van der Waals surface area contributed by atoms with Crippen LogP contribution in [0.25, 0.3) is 27.9 Å². The quantitative estimate of drug-likeness (QED) is 0.344. The second-order valence-corrected chi connectivity index (χ2v) is 8.83. The van der Waals surface area contributed by atoms with Crippen LogP contribution < -0.4 is 9.47 Å². The smallest absolute Gasteiger partial charge is 0.129 e. The Morgan fingerprint density at radius 2 is 1.86 bits per heavy atom. The zero-order valence-electron chi connectivity index (χ0n) is 16.7. The van der Waals surface area contributed by atoms with E-state index in [0.717, 1.165) is 28.1 Å². The molecule has 2 heterocycles. The van der Waals surface area contributed by atoms with Crippen molar-refractivity contribution >= 4 is 43.8 Å². The maximum absolute atomic E-state index is 6.26. The molecule has 0 fully saturated rings. The number of hydrogen-bond acceptors (Lipinski definition) is 2. The Morgan fingerprint density at radius 3 is 2.66 bits per heavy atom. The summed E-state index contributed by atoms with van der Waals surface area (Å²) < 4.78 is 15.3. The zero-order valence-corrected chi connectivity index (χ0v) is 18.3. The van der Waals surface area contributed by atoms with Gasteiger partial charge in [-0.05, 0) is 68.0 Å². The van der Waals surface area contributed by atoms with Gasteiger partial charge in [0.15, 0.2) is 0 Å². The van der Waals surface area contributed by atoms with Crippen molar-refractivity contribution in [1.82, 2.24) is 4.57 Å². The molecule has 1 aromatic heterocycles. The number of rotatable bonds is 3. The highest BCUT2D eigenvalue weighted by molar-refractivity contribution is 9.10. The molecular weight excluding hydrogens is 426 g/mol. The van der Waals surface area contributed by atoms with Gasteiger partial charge in [-0.15, -0.1) is 0 Å². The standard InChI is InChI=1S/C25H22BrNO2/c1-25(2)13-12-19-23(29-25)11-9-18-20-14-17(28-3)8-10-22(20)27(24(18)19)15-16-6-4-5-7-21(16)26/h4-14H,15H2,1-3H3. The third kappa shape index (κ3) is 3.03. The van der Waals surface area contributed by atoms with E-state index in [1.165, 1.54) is 27.4 Å². The number of fused-ring (bicyclic) bond motifs is 5. The molecule has 146 valence electrons. The normalized spacial score (nSPS) is 14.8. The summed E-state index contributed by atoms with van der Waals surface area (Å²) in [6, 6.07) is 18.9. The lowest BCUT2D eigenvalue weighted by Gasteiger charge is -2.28. The van der Waals surface area contributed by atoms with Crippen molar-refractivity contribution < 1.29 is 9.47 Å². The Hall–Kier alpha value is -2.72. The minimum atomic E-state index is -0.302. The molecule has 1 aliphatic rings. The van der Waals surface area contributed by atoms with E-state index in [9.17, 15) is 0 Å². The first-order valence-corrected chi connectivity index (χ1v) is 10.5. The molecule has 0 saturated heterocycles. The van der Waals surface area contributed by atoms with Crippen molar-refractivity contribution in [3.05, 3.63) is 76.3 Å². The topological polar surface area (TPSA) is 23.4 Å². The second kappa shape index (κ2) is 6.67. The number of halogens is 1. The minimum absolute atomic E-state index is 0.302. The van der Waals surface area contributed by atoms with Gasteiger partial charge in [-0.2, -0.15) is 0 Å². The molecule has 0 spiro atoms. The Bertz CT molecular complexity index is 1280. The van der Waals surface area contributed by atoms with Gasteiger partial charge < -0.3 is 14.0 Å². The fourth-order valence-electron chi connectivity index (χ4n) is 4.12. The fourth-order valence-corrected chi connectivity index (χ4v) is 4.53. The lowest BCUT2D eigenvalue weighted by molar-refractivity contribution is 0.159. The fraction of sp³-hybridized carbons (Fsp3) is 0.200. The average molecular weight is 448 g/mol. The van der Waals surface area contributed by atoms with E-state index < -0.39 is 0 Å². The van der Waals surface area contributed by atoms with E-state index in [2.05, 4.69) is 89.0 Å². The van der Waals surface area contributed by atoms with Gasteiger partial charge in [0.05, 0.1) is 12.6 Å². The van der Waals surface area contributed by atoms with Gasteiger partial charge in [0, 0.05) is 32.9 Å². The van der Waals surface area contributed by atoms with Gasteiger partial charge in [0.25, 0.3) is 0 Å². The molecule has 1 aliphatic heterocycles. The first-order chi connectivity index (χ1) is 14.0. The summed E-state index contributed by atoms with van der Waals surface area (Å²) in [6.07, 6.45) is 4.34. The van der Waals surface area contributed by atoms with Gasteiger partial charge in [0.1, 0.15) is 17.1 Å². The molecule has 0 N–H and O–H groups in total. The monoisotopic (exact) mass is 447 g/mol. The van der Waals surface area contributed by atoms with E-state index in [1.807, 2.05) is 12.1 Å². The molecular formula is C25H22BrNO2. The number of ether oxygens (including phenoxy) is 2. The predicted octanol–water partition coefficient (Wildman–Crippen LogP) is 6.80. The summed E-state index contributed by atoms with van der Waals surface area (Å²) in [6.45, 7) is 4.93. The van der Waals surface area contributed by atoms with Crippen LogP contribution in [-0.2, 0) is 6.54 Å². The van der Waals surface area contributed by atoms with Gasteiger partial charge in [-0.3, -0.25) is 0 Å². The van der Waals surface area contributed by atoms with E-state index in [0.29, 0.717) is 0 Å². The Kier molecular flexibility index (Phi) is 4.21. The minimum Gasteiger partial charge on any atom is -0.497 e. The van der Waals surface area contributed by atoms with E-state index in [-0.39, 0.29) is 5.60 Å². The Labute approximate surface area is 178 Å². The third-order valence-electron chi connectivity index (χ3n) is 5.54. The molecule has 5 rings (SSSR count). The number of methoxy groups -OCH3 is 1. The lowest BCUT2D eigenvalue weighted by atomic mass is 10.00. The van der Waals surface area contributed by atoms with Gasteiger partial charge >= 0.3 is 0 Å². The molecule has 0 atom stereocenters. The molecule has 3 nitrogen and oxygen atoms in total. The largest absolute Gasteiger partial charge is 0.497 e. The molecule has 0 amide bonds. The molecule has 0 radical (unpaired) electrons. The summed E-state index contributed by atoms with van der Waals surface area (Å²) in [7, 11) is 1.71. The molecule has 4 heteroatoms. The molecule has 0 saturated carbocycles. The lowest BCUT2D eigenvalue weighted by Crippen LogP contribution is -2.27. The van der Waals surface area contributed by atoms with Crippen LogP contribution in [-0.4, -0.2) is 17.3 Å². The van der Waals surface area contributed by atoms with Crippen molar-refractivity contribution in [2.75, 3.05) is 7.11 Å². The van der Waals surface area contributed by atoms with Crippen molar-refractivity contribution in [2.24, 2.45) is 0 Å². The number of aromatic nitrogens is 1. The van der Waals surface area contributed by atoms with Crippen LogP contribution in [0.5, 0.6) is 11.5 Å². The van der Waals surface area contributed by atoms with E-state index >= 15 is 0 Å². The number of hydrogen-bond donors (Lipinski definition) is 0. The molecule has 0 unspecified atom stereocenters. The van der Waals surface area contributed by atoms with E-state index in [1.54, 1.807) is 7.11 Å². The number of nitrogens with zero attached hydrogens (tertiary/aromatic N) is 1. The summed E-state index contributed by atoms with van der Waals surface area (Å²) in [5.74, 6) is 1.79. The van der Waals surface area contributed by atoms with Crippen LogP contribution in [0.3, 0.4) is 0 Å². The van der Waals surface area contributed by atoms with Crippen molar-refractivity contribution in [3.8, 4) is 11.5 Å². The van der Waals surface area contributed by atoms with Crippen LogP contribution in [0.15, 0.2) is 65.1 Å². The Morgan fingerprint density at radius 1 is 1.03 bits per heavy atom. The van der Waals surface area contributed by atoms with Crippen LogP contribution in [0.2, 0.25) is 0 Å². The summed E-state index contributed by atoms with van der Waals surface area (Å²) >= 11 is 3.71. The van der Waals surface area contributed by atoms with E-state index in [4.69, 9.17) is 9.47 Å². The molecule has 4 aromatic rings. The highest BCUT2D eigenvalue weighted by Gasteiger charge is 2.25. The summed E-state index contributed by atoms with van der Waals surface area (Å²) in [4.78, 5) is 0. The first-order valence-electron chi connectivity index (χ1n) is 9.71. The predicted molar refractivity (Wildman–Crippen MR) is 123 cm³/mol. The first kappa shape index (κ1) is 18.3. The van der Waals surface area contributed by atoms with Crippen LogP contribution in [0.4, 0.5) is 0 Å². The van der Waals surface area contributed by atoms with Crippen molar-refractivity contribution in [3.63, 3.8) is 0 Å². The highest BCUT2D eigenvalue weighted by Crippen LogP contribution is 2.41. The maximum atomic E-state index is 6.26. The Balaban J connectivity index is 1.84. The summed E-state index contributed by atoms with van der Waals surface area (Å²) in [5.41, 5.74) is 4.43. The van der Waals surface area contributed by atoms with Gasteiger partial charge in [-0.25, -0.2) is 0 Å². The second-order valence-electron chi connectivity index (χ2n) is 7.97.